The molecule has 0 bridgehead atoms. The van der Waals surface area contributed by atoms with Crippen molar-refractivity contribution in [3.05, 3.63) is 58.4 Å². The lowest BCUT2D eigenvalue weighted by Crippen LogP contribution is -2.41. The molecule has 0 spiro atoms. The van der Waals surface area contributed by atoms with Crippen molar-refractivity contribution in [2.24, 2.45) is 10.7 Å². The summed E-state index contributed by atoms with van der Waals surface area (Å²) in [4.78, 5) is 18.5. The van der Waals surface area contributed by atoms with Gasteiger partial charge in [-0.05, 0) is 35.4 Å². The summed E-state index contributed by atoms with van der Waals surface area (Å²) in [6.45, 7) is -4.33. The third-order valence-corrected chi connectivity index (χ3v) is 4.78. The van der Waals surface area contributed by atoms with Gasteiger partial charge in [-0.3, -0.25) is 9.69 Å². The van der Waals surface area contributed by atoms with Crippen LogP contribution in [-0.4, -0.2) is 43.7 Å². The summed E-state index contributed by atoms with van der Waals surface area (Å²) in [7, 11) is 1.39. The zero-order valence-corrected chi connectivity index (χ0v) is 16.3. The van der Waals surface area contributed by atoms with Crippen molar-refractivity contribution >= 4 is 23.5 Å². The number of aliphatic imine (C=N–C) groups is 1. The Labute approximate surface area is 173 Å². The summed E-state index contributed by atoms with van der Waals surface area (Å²) in [5.41, 5.74) is 4.40. The van der Waals surface area contributed by atoms with Crippen molar-refractivity contribution in [3.8, 4) is 11.5 Å². The highest BCUT2D eigenvalue weighted by atomic mass is 35.5. The summed E-state index contributed by atoms with van der Waals surface area (Å²) < 4.78 is 61.0. The van der Waals surface area contributed by atoms with E-state index in [9.17, 15) is 22.4 Å². The topological polar surface area (TPSA) is 77.2 Å². The van der Waals surface area contributed by atoms with Gasteiger partial charge in [0.2, 0.25) is 0 Å². The Bertz CT molecular complexity index is 1000. The number of guanidine groups is 1. The SMILES string of the molecule is CN1C(=O)C(c2ccc(OC(F)F)c(Cl)c2)(c2ccc(F)c(OCCF)c2)N=C1N. The molecule has 1 aliphatic heterocycles. The van der Waals surface area contributed by atoms with Gasteiger partial charge in [0.1, 0.15) is 19.0 Å². The van der Waals surface area contributed by atoms with E-state index in [1.807, 2.05) is 0 Å². The molecule has 1 atom stereocenters. The van der Waals surface area contributed by atoms with E-state index in [4.69, 9.17) is 22.1 Å². The van der Waals surface area contributed by atoms with E-state index in [1.54, 1.807) is 0 Å². The Kier molecular flexibility index (Phi) is 6.06. The van der Waals surface area contributed by atoms with Crippen LogP contribution in [0.3, 0.4) is 0 Å². The van der Waals surface area contributed by atoms with Crippen LogP contribution in [0.4, 0.5) is 17.6 Å². The lowest BCUT2D eigenvalue weighted by Gasteiger charge is -2.27. The van der Waals surface area contributed by atoms with Gasteiger partial charge in [-0.15, -0.1) is 0 Å². The number of alkyl halides is 3. The molecule has 0 radical (unpaired) electrons. The van der Waals surface area contributed by atoms with Crippen LogP contribution in [-0.2, 0) is 10.3 Å². The monoisotopic (exact) mass is 445 g/mol. The molecule has 0 fully saturated rings. The molecule has 0 saturated carbocycles. The highest BCUT2D eigenvalue weighted by Gasteiger charge is 2.50. The van der Waals surface area contributed by atoms with Gasteiger partial charge in [-0.2, -0.15) is 8.78 Å². The number of carbonyl (C=O) groups excluding carboxylic acids is 1. The quantitative estimate of drug-likeness (QED) is 0.662. The Morgan fingerprint density at radius 1 is 1.20 bits per heavy atom. The number of hydrogen-bond acceptors (Lipinski definition) is 5. The molecule has 0 aromatic heterocycles. The van der Waals surface area contributed by atoms with Gasteiger partial charge in [-0.1, -0.05) is 23.7 Å². The summed E-state index contributed by atoms with van der Waals surface area (Å²) in [6, 6.07) is 7.26. The summed E-state index contributed by atoms with van der Waals surface area (Å²) in [5, 5.41) is -0.195. The highest BCUT2D eigenvalue weighted by molar-refractivity contribution is 6.32. The van der Waals surface area contributed by atoms with Gasteiger partial charge in [-0.25, -0.2) is 13.8 Å². The minimum atomic E-state index is -3.09. The average molecular weight is 446 g/mol. The number of halogens is 5. The van der Waals surface area contributed by atoms with Crippen molar-refractivity contribution in [2.45, 2.75) is 12.2 Å². The first-order valence-electron chi connectivity index (χ1n) is 8.57. The highest BCUT2D eigenvalue weighted by Crippen LogP contribution is 2.43. The lowest BCUT2D eigenvalue weighted by atomic mass is 9.82. The Morgan fingerprint density at radius 3 is 2.43 bits per heavy atom. The molecule has 3 rings (SSSR count). The molecule has 11 heteroatoms. The van der Waals surface area contributed by atoms with Crippen molar-refractivity contribution < 1.29 is 31.8 Å². The summed E-state index contributed by atoms with van der Waals surface area (Å²) >= 11 is 6.06. The lowest BCUT2D eigenvalue weighted by molar-refractivity contribution is -0.129. The van der Waals surface area contributed by atoms with Crippen LogP contribution in [0.5, 0.6) is 11.5 Å². The molecule has 2 aromatic rings. The third-order valence-electron chi connectivity index (χ3n) is 4.49. The van der Waals surface area contributed by atoms with E-state index in [1.165, 1.54) is 31.3 Å². The predicted molar refractivity (Wildman–Crippen MR) is 101 cm³/mol. The van der Waals surface area contributed by atoms with Crippen molar-refractivity contribution in [2.75, 3.05) is 20.3 Å². The number of rotatable bonds is 7. The number of carbonyl (C=O) groups is 1. The maximum atomic E-state index is 14.1. The van der Waals surface area contributed by atoms with Crippen LogP contribution in [0.25, 0.3) is 0 Å². The zero-order chi connectivity index (χ0) is 22.1. The fourth-order valence-corrected chi connectivity index (χ4v) is 3.31. The molecule has 1 aliphatic rings. The average Bonchev–Trinajstić information content (AvgIpc) is 2.93. The molecule has 2 aromatic carbocycles. The van der Waals surface area contributed by atoms with Gasteiger partial charge in [0.15, 0.2) is 23.1 Å². The second-order valence-corrected chi connectivity index (χ2v) is 6.66. The Morgan fingerprint density at radius 2 is 1.87 bits per heavy atom. The number of likely N-dealkylation sites (N-methyl/N-ethyl adjacent to an activating group) is 1. The fraction of sp³-hybridized carbons (Fsp3) is 0.263. The Balaban J connectivity index is 2.18. The number of ether oxygens (including phenoxy) is 2. The van der Waals surface area contributed by atoms with Crippen molar-refractivity contribution in [1.82, 2.24) is 4.90 Å². The van der Waals surface area contributed by atoms with Crippen LogP contribution < -0.4 is 15.2 Å². The van der Waals surface area contributed by atoms with Gasteiger partial charge < -0.3 is 15.2 Å². The number of nitrogens with two attached hydrogens (primary N) is 1. The predicted octanol–water partition coefficient (Wildman–Crippen LogP) is 3.46. The number of nitrogens with zero attached hydrogens (tertiary/aromatic N) is 2. The van der Waals surface area contributed by atoms with E-state index < -0.39 is 37.2 Å². The van der Waals surface area contributed by atoms with E-state index in [2.05, 4.69) is 9.73 Å². The molecule has 0 aliphatic carbocycles. The molecule has 30 heavy (non-hydrogen) atoms. The number of benzene rings is 2. The second-order valence-electron chi connectivity index (χ2n) is 6.25. The summed E-state index contributed by atoms with van der Waals surface area (Å²) in [6.07, 6.45) is 0. The second kappa shape index (κ2) is 8.39. The van der Waals surface area contributed by atoms with Gasteiger partial charge >= 0.3 is 6.61 Å². The van der Waals surface area contributed by atoms with Crippen LogP contribution in [0.15, 0.2) is 41.4 Å². The zero-order valence-electron chi connectivity index (χ0n) is 15.5. The maximum Gasteiger partial charge on any atom is 0.387 e. The van der Waals surface area contributed by atoms with E-state index >= 15 is 0 Å². The van der Waals surface area contributed by atoms with E-state index in [0.717, 1.165) is 17.0 Å². The minimum absolute atomic E-state index is 0.125. The maximum absolute atomic E-state index is 14.1. The first-order valence-corrected chi connectivity index (χ1v) is 8.95. The van der Waals surface area contributed by atoms with E-state index in [-0.39, 0.29) is 33.6 Å². The molecule has 1 amide bonds. The van der Waals surface area contributed by atoms with Crippen LogP contribution >= 0.6 is 11.6 Å². The standard InChI is InChI=1S/C19H16ClF4N3O3/c1-27-16(28)19(26-18(27)25,10-3-5-14(12(20)8-10)30-17(23)24)11-2-4-13(22)15(9-11)29-7-6-21/h2-5,8-9,17H,6-7H2,1H3,(H2,25,26). The molecular weight excluding hydrogens is 430 g/mol. The molecule has 1 unspecified atom stereocenters. The molecular formula is C19H16ClF4N3O3. The van der Waals surface area contributed by atoms with Gasteiger partial charge in [0.25, 0.3) is 5.91 Å². The molecule has 1 heterocycles. The van der Waals surface area contributed by atoms with Crippen molar-refractivity contribution in [1.29, 1.82) is 0 Å². The van der Waals surface area contributed by atoms with Gasteiger partial charge in [0.05, 0.1) is 5.02 Å². The normalized spacial score (nSPS) is 18.7. The Hall–Kier alpha value is -3.01. The fourth-order valence-electron chi connectivity index (χ4n) is 3.09. The molecule has 6 nitrogen and oxygen atoms in total. The van der Waals surface area contributed by atoms with Crippen molar-refractivity contribution in [3.63, 3.8) is 0 Å². The smallest absolute Gasteiger partial charge is 0.387 e. The first-order chi connectivity index (χ1) is 14.2. The van der Waals surface area contributed by atoms with Crippen LogP contribution in [0.1, 0.15) is 11.1 Å². The third kappa shape index (κ3) is 3.74. The molecule has 0 saturated heterocycles. The largest absolute Gasteiger partial charge is 0.488 e. The number of amides is 1. The molecule has 160 valence electrons. The van der Waals surface area contributed by atoms with Crippen LogP contribution in [0, 0.1) is 5.82 Å². The van der Waals surface area contributed by atoms with Crippen LogP contribution in [0.2, 0.25) is 5.02 Å². The minimum Gasteiger partial charge on any atom is -0.488 e. The number of hydrogen-bond donors (Lipinski definition) is 1. The molecule has 2 N–H and O–H groups in total. The van der Waals surface area contributed by atoms with Gasteiger partial charge in [0, 0.05) is 7.05 Å². The summed E-state index contributed by atoms with van der Waals surface area (Å²) in [5.74, 6) is -2.07. The van der Waals surface area contributed by atoms with E-state index in [0.29, 0.717) is 0 Å². The first kappa shape index (κ1) is 21.7.